The number of hydrogen-bond donors (Lipinski definition) is 0. The molecule has 2 rings (SSSR count). The molecule has 0 aliphatic heterocycles. The van der Waals surface area contributed by atoms with E-state index in [0.717, 1.165) is 11.3 Å². The number of rotatable bonds is 5. The second kappa shape index (κ2) is 6.21. The van der Waals surface area contributed by atoms with Crippen LogP contribution in [0.2, 0.25) is 0 Å². The summed E-state index contributed by atoms with van der Waals surface area (Å²) < 4.78 is 18.7. The van der Waals surface area contributed by atoms with Crippen LogP contribution < -0.4 is 4.74 Å². The summed E-state index contributed by atoms with van der Waals surface area (Å²) in [4.78, 5) is 2.50. The van der Waals surface area contributed by atoms with Gasteiger partial charge >= 0.3 is 0 Å². The largest absolute Gasteiger partial charge is 0.488 e. The molecule has 1 nitrogen and oxygen atoms in total. The maximum absolute atomic E-state index is 13.0. The van der Waals surface area contributed by atoms with E-state index >= 15 is 0 Å². The molecule has 0 saturated heterocycles. The average Bonchev–Trinajstić information content (AvgIpc) is 2.85. The molecular formula is C14H14ClFOS. The summed E-state index contributed by atoms with van der Waals surface area (Å²) in [6.45, 7) is 2.63. The molecule has 1 aromatic heterocycles. The predicted molar refractivity (Wildman–Crippen MR) is 74.0 cm³/mol. The number of hydrogen-bond acceptors (Lipinski definition) is 2. The summed E-state index contributed by atoms with van der Waals surface area (Å²) in [5.41, 5.74) is 0.684. The summed E-state index contributed by atoms with van der Waals surface area (Å²) in [7, 11) is 0. The van der Waals surface area contributed by atoms with Crippen molar-refractivity contribution in [3.63, 3.8) is 0 Å². The summed E-state index contributed by atoms with van der Waals surface area (Å²) in [6, 6.07) is 8.59. The molecule has 2 aromatic rings. The topological polar surface area (TPSA) is 9.23 Å². The number of thiophene rings is 1. The van der Waals surface area contributed by atoms with Crippen LogP contribution in [-0.4, -0.2) is 0 Å². The Kier molecular flexibility index (Phi) is 4.61. The minimum Gasteiger partial charge on any atom is -0.488 e. The minimum atomic E-state index is -0.289. The molecule has 96 valence electrons. The Morgan fingerprint density at radius 2 is 2.00 bits per heavy atom. The van der Waals surface area contributed by atoms with Gasteiger partial charge in [-0.3, -0.25) is 0 Å². The van der Waals surface area contributed by atoms with Gasteiger partial charge in [-0.25, -0.2) is 4.39 Å². The quantitative estimate of drug-likeness (QED) is 0.719. The summed E-state index contributed by atoms with van der Waals surface area (Å²) in [5.74, 6) is 0.609. The fraction of sp³-hybridized carbons (Fsp3) is 0.286. The van der Waals surface area contributed by atoms with Gasteiger partial charge in [0.25, 0.3) is 0 Å². The molecule has 0 aliphatic carbocycles. The third-order valence-electron chi connectivity index (χ3n) is 2.60. The van der Waals surface area contributed by atoms with E-state index in [2.05, 4.69) is 19.1 Å². The van der Waals surface area contributed by atoms with Crippen LogP contribution >= 0.6 is 22.9 Å². The maximum Gasteiger partial charge on any atom is 0.124 e. The van der Waals surface area contributed by atoms with Gasteiger partial charge in [0.2, 0.25) is 0 Å². The first kappa shape index (κ1) is 13.4. The molecule has 0 atom stereocenters. The molecule has 1 heterocycles. The normalized spacial score (nSPS) is 10.6. The molecule has 0 N–H and O–H groups in total. The van der Waals surface area contributed by atoms with Crippen molar-refractivity contribution in [2.75, 3.05) is 0 Å². The Balaban J connectivity index is 2.05. The third kappa shape index (κ3) is 3.24. The number of ether oxygens (including phenoxy) is 1. The Morgan fingerprint density at radius 1 is 1.22 bits per heavy atom. The van der Waals surface area contributed by atoms with Gasteiger partial charge in [-0.2, -0.15) is 0 Å². The van der Waals surface area contributed by atoms with Crippen molar-refractivity contribution in [3.05, 3.63) is 51.5 Å². The zero-order valence-electron chi connectivity index (χ0n) is 10.1. The molecule has 0 amide bonds. The first-order chi connectivity index (χ1) is 8.72. The predicted octanol–water partition coefficient (Wildman–Crippen LogP) is 4.77. The number of alkyl halides is 1. The highest BCUT2D eigenvalue weighted by atomic mass is 35.5. The standard InChI is InChI=1S/C14H14ClFOS/c1-2-12-4-5-13(18-12)9-17-14-6-3-11(16)7-10(14)8-15/h3-7H,2,8-9H2,1H3. The van der Waals surface area contributed by atoms with Crippen LogP contribution in [0, 0.1) is 5.82 Å². The fourth-order valence-corrected chi connectivity index (χ4v) is 2.71. The summed E-state index contributed by atoms with van der Waals surface area (Å²) in [6.07, 6.45) is 1.04. The Labute approximate surface area is 115 Å². The second-order valence-electron chi connectivity index (χ2n) is 3.90. The second-order valence-corrected chi connectivity index (χ2v) is 5.42. The lowest BCUT2D eigenvalue weighted by molar-refractivity contribution is 0.307. The maximum atomic E-state index is 13.0. The van der Waals surface area contributed by atoms with Gasteiger partial charge in [0.05, 0.1) is 5.88 Å². The smallest absolute Gasteiger partial charge is 0.124 e. The average molecular weight is 285 g/mol. The molecular weight excluding hydrogens is 271 g/mol. The van der Waals surface area contributed by atoms with E-state index in [-0.39, 0.29) is 11.7 Å². The van der Waals surface area contributed by atoms with Gasteiger partial charge in [0.15, 0.2) is 0 Å². The Hall–Kier alpha value is -1.06. The zero-order chi connectivity index (χ0) is 13.0. The summed E-state index contributed by atoms with van der Waals surface area (Å²) in [5, 5.41) is 0. The summed E-state index contributed by atoms with van der Waals surface area (Å²) >= 11 is 7.50. The van der Waals surface area contributed by atoms with Gasteiger partial charge < -0.3 is 4.74 Å². The number of halogens is 2. The first-order valence-corrected chi connectivity index (χ1v) is 7.12. The van der Waals surface area contributed by atoms with E-state index in [9.17, 15) is 4.39 Å². The van der Waals surface area contributed by atoms with Crippen molar-refractivity contribution in [1.29, 1.82) is 0 Å². The molecule has 0 bridgehead atoms. The lowest BCUT2D eigenvalue weighted by Crippen LogP contribution is -1.96. The number of aryl methyl sites for hydroxylation is 1. The van der Waals surface area contributed by atoms with Crippen LogP contribution in [0.1, 0.15) is 22.2 Å². The number of benzene rings is 1. The van der Waals surface area contributed by atoms with Gasteiger partial charge in [-0.05, 0) is 36.8 Å². The van der Waals surface area contributed by atoms with Crippen molar-refractivity contribution in [3.8, 4) is 5.75 Å². The van der Waals surface area contributed by atoms with Crippen LogP contribution in [0.15, 0.2) is 30.3 Å². The third-order valence-corrected chi connectivity index (χ3v) is 4.09. The molecule has 0 aliphatic rings. The van der Waals surface area contributed by atoms with Crippen molar-refractivity contribution in [1.82, 2.24) is 0 Å². The molecule has 0 radical (unpaired) electrons. The van der Waals surface area contributed by atoms with E-state index in [1.807, 2.05) is 0 Å². The van der Waals surface area contributed by atoms with E-state index < -0.39 is 0 Å². The molecule has 0 saturated carbocycles. The molecule has 1 aromatic carbocycles. The lowest BCUT2D eigenvalue weighted by atomic mass is 10.2. The van der Waals surface area contributed by atoms with E-state index in [0.29, 0.717) is 17.9 Å². The fourth-order valence-electron chi connectivity index (χ4n) is 1.63. The van der Waals surface area contributed by atoms with E-state index in [4.69, 9.17) is 16.3 Å². The van der Waals surface area contributed by atoms with Gasteiger partial charge in [-0.15, -0.1) is 22.9 Å². The minimum absolute atomic E-state index is 0.248. The Morgan fingerprint density at radius 3 is 2.67 bits per heavy atom. The Bertz CT molecular complexity index is 524. The zero-order valence-corrected chi connectivity index (χ0v) is 11.7. The molecule has 4 heteroatoms. The van der Waals surface area contributed by atoms with Crippen molar-refractivity contribution >= 4 is 22.9 Å². The van der Waals surface area contributed by atoms with Crippen molar-refractivity contribution < 1.29 is 9.13 Å². The van der Waals surface area contributed by atoms with Crippen LogP contribution in [0.5, 0.6) is 5.75 Å². The molecule has 0 spiro atoms. The van der Waals surface area contributed by atoms with Crippen LogP contribution in [-0.2, 0) is 18.9 Å². The van der Waals surface area contributed by atoms with E-state index in [1.165, 1.54) is 17.0 Å². The molecule has 0 fully saturated rings. The van der Waals surface area contributed by atoms with Crippen LogP contribution in [0.3, 0.4) is 0 Å². The molecule has 18 heavy (non-hydrogen) atoms. The van der Waals surface area contributed by atoms with Gasteiger partial charge in [-0.1, -0.05) is 6.92 Å². The van der Waals surface area contributed by atoms with Crippen molar-refractivity contribution in [2.45, 2.75) is 25.8 Å². The molecule has 0 unspecified atom stereocenters. The van der Waals surface area contributed by atoms with E-state index in [1.54, 1.807) is 17.4 Å². The lowest BCUT2D eigenvalue weighted by Gasteiger charge is -2.08. The van der Waals surface area contributed by atoms with Gasteiger partial charge in [0.1, 0.15) is 18.2 Å². The highest BCUT2D eigenvalue weighted by Gasteiger charge is 2.06. The highest BCUT2D eigenvalue weighted by molar-refractivity contribution is 7.11. The monoisotopic (exact) mass is 284 g/mol. The SMILES string of the molecule is CCc1ccc(COc2ccc(F)cc2CCl)s1. The van der Waals surface area contributed by atoms with Crippen LogP contribution in [0.25, 0.3) is 0 Å². The van der Waals surface area contributed by atoms with Crippen molar-refractivity contribution in [2.24, 2.45) is 0 Å². The van der Waals surface area contributed by atoms with Gasteiger partial charge in [0, 0.05) is 15.3 Å². The van der Waals surface area contributed by atoms with Crippen LogP contribution in [0.4, 0.5) is 4.39 Å². The highest BCUT2D eigenvalue weighted by Crippen LogP contribution is 2.24. The first-order valence-electron chi connectivity index (χ1n) is 5.77.